The topological polar surface area (TPSA) is 46.5 Å². The molecule has 4 heteroatoms. The van der Waals surface area contributed by atoms with Gasteiger partial charge in [0, 0.05) is 11.1 Å². The molecule has 0 aliphatic rings. The number of benzene rings is 3. The molecule has 0 radical (unpaired) electrons. The lowest BCUT2D eigenvalue weighted by molar-refractivity contribution is 0.598. The molecule has 0 bridgehead atoms. The van der Waals surface area contributed by atoms with Crippen molar-refractivity contribution in [2.45, 2.75) is 18.7 Å². The van der Waals surface area contributed by atoms with E-state index in [-0.39, 0.29) is 4.90 Å². The molecule has 0 amide bonds. The lowest BCUT2D eigenvalue weighted by Gasteiger charge is -2.10. The average molecular weight is 349 g/mol. The van der Waals surface area contributed by atoms with Crippen molar-refractivity contribution in [2.24, 2.45) is 4.40 Å². The Morgan fingerprint density at radius 1 is 0.760 bits per heavy atom. The van der Waals surface area contributed by atoms with Crippen molar-refractivity contribution in [2.75, 3.05) is 0 Å². The Hall–Kier alpha value is -2.72. The lowest BCUT2D eigenvalue weighted by atomic mass is 9.99. The van der Waals surface area contributed by atoms with Crippen LogP contribution in [-0.2, 0) is 10.0 Å². The lowest BCUT2D eigenvalue weighted by Crippen LogP contribution is -2.09. The van der Waals surface area contributed by atoms with Gasteiger partial charge in [-0.15, -0.1) is 0 Å². The van der Waals surface area contributed by atoms with Crippen molar-refractivity contribution in [3.05, 3.63) is 101 Å². The van der Waals surface area contributed by atoms with E-state index in [4.69, 9.17) is 0 Å². The molecule has 0 unspecified atom stereocenters. The fourth-order valence-corrected chi connectivity index (χ4v) is 3.60. The molecule has 0 atom stereocenters. The summed E-state index contributed by atoms with van der Waals surface area (Å²) in [5.41, 5.74) is 4.02. The van der Waals surface area contributed by atoms with E-state index >= 15 is 0 Å². The van der Waals surface area contributed by atoms with Gasteiger partial charge >= 0.3 is 0 Å². The maximum Gasteiger partial charge on any atom is 0.282 e. The standard InChI is InChI=1S/C21H19NO2S/c1-16-12-14-19(15-13-16)25(23,24)22-21(18-9-4-3-5-10-18)20-11-7-6-8-17(20)2/h3-15H,1-2H3/b22-21+. The third-order valence-corrected chi connectivity index (χ3v) is 5.27. The summed E-state index contributed by atoms with van der Waals surface area (Å²) < 4.78 is 29.8. The quantitative estimate of drug-likeness (QED) is 0.650. The molecule has 0 saturated heterocycles. The minimum Gasteiger partial charge on any atom is -0.199 e. The van der Waals surface area contributed by atoms with E-state index in [2.05, 4.69) is 4.40 Å². The maximum absolute atomic E-state index is 12.8. The van der Waals surface area contributed by atoms with Crippen LogP contribution < -0.4 is 0 Å². The Bertz CT molecular complexity index is 1010. The van der Waals surface area contributed by atoms with E-state index in [0.29, 0.717) is 5.71 Å². The third-order valence-electron chi connectivity index (χ3n) is 3.98. The van der Waals surface area contributed by atoms with Crippen molar-refractivity contribution in [1.82, 2.24) is 0 Å². The number of aryl methyl sites for hydroxylation is 2. The molecule has 0 aliphatic heterocycles. The van der Waals surface area contributed by atoms with Gasteiger partial charge in [0.1, 0.15) is 0 Å². The summed E-state index contributed by atoms with van der Waals surface area (Å²) in [4.78, 5) is 0.195. The second kappa shape index (κ2) is 7.03. The summed E-state index contributed by atoms with van der Waals surface area (Å²) >= 11 is 0. The normalized spacial score (nSPS) is 12.2. The van der Waals surface area contributed by atoms with Crippen molar-refractivity contribution >= 4 is 15.7 Å². The molecule has 25 heavy (non-hydrogen) atoms. The zero-order valence-electron chi connectivity index (χ0n) is 14.2. The van der Waals surface area contributed by atoms with Gasteiger partial charge in [0.25, 0.3) is 10.0 Å². The van der Waals surface area contributed by atoms with Gasteiger partial charge in [0.15, 0.2) is 0 Å². The van der Waals surface area contributed by atoms with Gasteiger partial charge in [-0.3, -0.25) is 0 Å². The second-order valence-corrected chi connectivity index (χ2v) is 7.51. The SMILES string of the molecule is Cc1ccc(S(=O)(=O)/N=C(\c2ccccc2)c2ccccc2C)cc1. The number of hydrogen-bond donors (Lipinski definition) is 0. The zero-order valence-corrected chi connectivity index (χ0v) is 15.0. The minimum absolute atomic E-state index is 0.195. The van der Waals surface area contributed by atoms with E-state index in [9.17, 15) is 8.42 Å². The molecule has 0 spiro atoms. The van der Waals surface area contributed by atoms with Crippen LogP contribution in [0.25, 0.3) is 0 Å². The second-order valence-electron chi connectivity index (χ2n) is 5.91. The summed E-state index contributed by atoms with van der Waals surface area (Å²) in [6.45, 7) is 3.87. The first-order valence-corrected chi connectivity index (χ1v) is 9.44. The molecule has 0 saturated carbocycles. The van der Waals surface area contributed by atoms with Crippen LogP contribution >= 0.6 is 0 Å². The summed E-state index contributed by atoms with van der Waals surface area (Å²) in [6, 6.07) is 23.8. The van der Waals surface area contributed by atoms with Gasteiger partial charge in [0.05, 0.1) is 10.6 Å². The fraction of sp³-hybridized carbons (Fsp3) is 0.0952. The molecular weight excluding hydrogens is 330 g/mol. The highest BCUT2D eigenvalue weighted by Gasteiger charge is 2.17. The van der Waals surface area contributed by atoms with E-state index in [1.807, 2.05) is 68.4 Å². The molecule has 3 aromatic carbocycles. The Morgan fingerprint density at radius 3 is 2.00 bits per heavy atom. The highest BCUT2D eigenvalue weighted by molar-refractivity contribution is 7.90. The molecule has 0 N–H and O–H groups in total. The van der Waals surface area contributed by atoms with Crippen LogP contribution in [0.1, 0.15) is 22.3 Å². The van der Waals surface area contributed by atoms with Crippen molar-refractivity contribution in [3.63, 3.8) is 0 Å². The number of nitrogens with zero attached hydrogens (tertiary/aromatic N) is 1. The number of rotatable bonds is 4. The van der Waals surface area contributed by atoms with Crippen LogP contribution in [0.3, 0.4) is 0 Å². The fourth-order valence-electron chi connectivity index (χ4n) is 2.58. The summed E-state index contributed by atoms with van der Waals surface area (Å²) in [7, 11) is -3.80. The van der Waals surface area contributed by atoms with E-state index < -0.39 is 10.0 Å². The zero-order chi connectivity index (χ0) is 17.9. The smallest absolute Gasteiger partial charge is 0.199 e. The van der Waals surface area contributed by atoms with Gasteiger partial charge in [-0.05, 0) is 31.5 Å². The monoisotopic (exact) mass is 349 g/mol. The number of hydrogen-bond acceptors (Lipinski definition) is 2. The largest absolute Gasteiger partial charge is 0.282 e. The van der Waals surface area contributed by atoms with Gasteiger partial charge in [0.2, 0.25) is 0 Å². The van der Waals surface area contributed by atoms with Crippen LogP contribution in [0.2, 0.25) is 0 Å². The average Bonchev–Trinajstić information content (AvgIpc) is 2.61. The van der Waals surface area contributed by atoms with Gasteiger partial charge < -0.3 is 0 Å². The van der Waals surface area contributed by atoms with Crippen LogP contribution in [0.5, 0.6) is 0 Å². The predicted octanol–water partition coefficient (Wildman–Crippen LogP) is 4.53. The molecular formula is C21H19NO2S. The van der Waals surface area contributed by atoms with Crippen molar-refractivity contribution in [3.8, 4) is 0 Å². The Labute approximate surface area is 148 Å². The van der Waals surface area contributed by atoms with Crippen molar-refractivity contribution in [1.29, 1.82) is 0 Å². The molecule has 0 aromatic heterocycles. The van der Waals surface area contributed by atoms with E-state index in [0.717, 1.165) is 22.3 Å². The highest BCUT2D eigenvalue weighted by atomic mass is 32.2. The van der Waals surface area contributed by atoms with Gasteiger partial charge in [-0.25, -0.2) is 0 Å². The Balaban J connectivity index is 2.19. The van der Waals surface area contributed by atoms with Crippen molar-refractivity contribution < 1.29 is 8.42 Å². The molecule has 3 rings (SSSR count). The predicted molar refractivity (Wildman–Crippen MR) is 102 cm³/mol. The van der Waals surface area contributed by atoms with Crippen LogP contribution in [-0.4, -0.2) is 14.1 Å². The molecule has 0 fully saturated rings. The summed E-state index contributed by atoms with van der Waals surface area (Å²) in [5.74, 6) is 0. The molecule has 0 heterocycles. The van der Waals surface area contributed by atoms with Crippen LogP contribution in [0.15, 0.2) is 88.2 Å². The first-order chi connectivity index (χ1) is 12.0. The van der Waals surface area contributed by atoms with Crippen LogP contribution in [0.4, 0.5) is 0 Å². The molecule has 3 nitrogen and oxygen atoms in total. The third kappa shape index (κ3) is 3.86. The first kappa shape index (κ1) is 17.1. The summed E-state index contributed by atoms with van der Waals surface area (Å²) in [5, 5.41) is 0. The van der Waals surface area contributed by atoms with Gasteiger partial charge in [-0.1, -0.05) is 72.3 Å². The highest BCUT2D eigenvalue weighted by Crippen LogP contribution is 2.20. The Morgan fingerprint density at radius 2 is 1.36 bits per heavy atom. The molecule has 3 aromatic rings. The van der Waals surface area contributed by atoms with E-state index in [1.54, 1.807) is 24.3 Å². The Kier molecular flexibility index (Phi) is 4.81. The van der Waals surface area contributed by atoms with E-state index in [1.165, 1.54) is 0 Å². The summed E-state index contributed by atoms with van der Waals surface area (Å²) in [6.07, 6.45) is 0. The van der Waals surface area contributed by atoms with Crippen LogP contribution in [0, 0.1) is 13.8 Å². The minimum atomic E-state index is -3.80. The number of sulfonamides is 1. The molecule has 0 aliphatic carbocycles. The van der Waals surface area contributed by atoms with Gasteiger partial charge in [-0.2, -0.15) is 12.8 Å². The first-order valence-electron chi connectivity index (χ1n) is 8.00. The maximum atomic E-state index is 12.8. The molecule has 126 valence electrons.